The molecule has 9 heteroatoms. The number of anilines is 3. The highest BCUT2D eigenvalue weighted by Gasteiger charge is 2.44. The Bertz CT molecular complexity index is 1470. The Kier molecular flexibility index (Phi) is 7.34. The summed E-state index contributed by atoms with van der Waals surface area (Å²) in [5.41, 5.74) is 11.7. The van der Waals surface area contributed by atoms with Crippen molar-refractivity contribution in [3.05, 3.63) is 54.4 Å². The van der Waals surface area contributed by atoms with Crippen LogP contribution in [0.15, 0.2) is 48.7 Å². The van der Waals surface area contributed by atoms with Gasteiger partial charge in [0.2, 0.25) is 0 Å². The van der Waals surface area contributed by atoms with Crippen LogP contribution in [0.2, 0.25) is 0 Å². The minimum absolute atomic E-state index is 0.166. The number of ether oxygens (including phenoxy) is 2. The highest BCUT2D eigenvalue weighted by molar-refractivity contribution is 5.75. The molecule has 5 heterocycles. The summed E-state index contributed by atoms with van der Waals surface area (Å²) < 4.78 is 10.9. The number of pyridine rings is 1. The quantitative estimate of drug-likeness (QED) is 0.334. The van der Waals surface area contributed by atoms with Crippen molar-refractivity contribution in [2.24, 2.45) is 5.41 Å². The zero-order valence-electron chi connectivity index (χ0n) is 24.3. The van der Waals surface area contributed by atoms with E-state index in [0.29, 0.717) is 29.1 Å². The first-order valence-electron chi connectivity index (χ1n) is 15.2. The molecule has 3 aliphatic heterocycles. The number of nitrogens with two attached hydrogens (primary N) is 1. The van der Waals surface area contributed by atoms with Crippen molar-refractivity contribution < 1.29 is 9.47 Å². The minimum Gasteiger partial charge on any atom is -0.467 e. The predicted octanol–water partition coefficient (Wildman–Crippen LogP) is 4.19. The summed E-state index contributed by atoms with van der Waals surface area (Å²) in [6.07, 6.45) is 9.74. The van der Waals surface area contributed by atoms with Crippen molar-refractivity contribution in [2.45, 2.75) is 50.6 Å². The van der Waals surface area contributed by atoms with Crippen LogP contribution in [0.5, 0.6) is 5.75 Å². The Balaban J connectivity index is 1.05. The first kappa shape index (κ1) is 27.0. The van der Waals surface area contributed by atoms with E-state index in [-0.39, 0.29) is 6.79 Å². The number of nitrogens with zero attached hydrogens (tertiary/aromatic N) is 6. The van der Waals surface area contributed by atoms with Gasteiger partial charge in [0.05, 0.1) is 17.9 Å². The molecule has 4 fully saturated rings. The molecular formula is C33H39N7O2. The van der Waals surface area contributed by atoms with E-state index >= 15 is 0 Å². The van der Waals surface area contributed by atoms with Gasteiger partial charge in [-0.25, -0.2) is 4.98 Å². The molecule has 1 saturated carbocycles. The highest BCUT2D eigenvalue weighted by Crippen LogP contribution is 2.53. The van der Waals surface area contributed by atoms with Gasteiger partial charge in [0.15, 0.2) is 12.6 Å². The summed E-state index contributed by atoms with van der Waals surface area (Å²) in [6.45, 7) is 5.10. The Morgan fingerprint density at radius 3 is 2.55 bits per heavy atom. The van der Waals surface area contributed by atoms with Crippen molar-refractivity contribution >= 4 is 17.2 Å². The maximum atomic E-state index is 6.40. The molecule has 1 aromatic carbocycles. The second kappa shape index (κ2) is 11.4. The molecule has 3 aromatic rings. The number of piperazine rings is 1. The molecule has 2 unspecified atom stereocenters. The average molecular weight is 566 g/mol. The Labute approximate surface area is 248 Å². The number of rotatable bonds is 7. The maximum absolute atomic E-state index is 6.40. The fourth-order valence-electron chi connectivity index (χ4n) is 6.98. The SMILES string of the molecule is COCOc1ccccc1-c1cc(N2CC3CCC(C2)N3c2ccnc(C#CCN3CCC4(CC3)CC4)c2)c(N)nn1. The van der Waals surface area contributed by atoms with Crippen molar-refractivity contribution in [1.82, 2.24) is 20.1 Å². The summed E-state index contributed by atoms with van der Waals surface area (Å²) in [6, 6.07) is 14.9. The first-order chi connectivity index (χ1) is 20.6. The average Bonchev–Trinajstić information content (AvgIpc) is 3.72. The molecule has 7 rings (SSSR count). The van der Waals surface area contributed by atoms with Crippen LogP contribution < -0.4 is 20.3 Å². The minimum atomic E-state index is 0.166. The Morgan fingerprint density at radius 2 is 1.79 bits per heavy atom. The van der Waals surface area contributed by atoms with Crippen LogP contribution in [-0.2, 0) is 4.74 Å². The Morgan fingerprint density at radius 1 is 1.00 bits per heavy atom. The van der Waals surface area contributed by atoms with Gasteiger partial charge in [-0.3, -0.25) is 4.90 Å². The molecule has 9 nitrogen and oxygen atoms in total. The van der Waals surface area contributed by atoms with Crippen LogP contribution in [0.1, 0.15) is 44.2 Å². The lowest BCUT2D eigenvalue weighted by atomic mass is 9.94. The number of fused-ring (bicyclic) bond motifs is 2. The van der Waals surface area contributed by atoms with Gasteiger partial charge in [-0.1, -0.05) is 18.1 Å². The number of hydrogen-bond donors (Lipinski definition) is 1. The number of benzene rings is 1. The molecule has 42 heavy (non-hydrogen) atoms. The van der Waals surface area contributed by atoms with Gasteiger partial charge in [0.25, 0.3) is 0 Å². The molecule has 1 aliphatic carbocycles. The van der Waals surface area contributed by atoms with Gasteiger partial charge in [-0.15, -0.1) is 10.2 Å². The van der Waals surface area contributed by atoms with E-state index in [1.165, 1.54) is 44.5 Å². The largest absolute Gasteiger partial charge is 0.467 e. The van der Waals surface area contributed by atoms with Gasteiger partial charge < -0.3 is 25.0 Å². The van der Waals surface area contributed by atoms with E-state index in [2.05, 4.69) is 53.9 Å². The molecule has 3 saturated heterocycles. The number of para-hydroxylation sites is 1. The first-order valence-corrected chi connectivity index (χ1v) is 15.2. The van der Waals surface area contributed by atoms with Crippen LogP contribution in [0.3, 0.4) is 0 Å². The third-order valence-corrected chi connectivity index (χ3v) is 9.55. The number of methoxy groups -OCH3 is 1. The lowest BCUT2D eigenvalue weighted by Gasteiger charge is -2.43. The third-order valence-electron chi connectivity index (χ3n) is 9.55. The molecule has 2 atom stereocenters. The van der Waals surface area contributed by atoms with Gasteiger partial charge in [-0.2, -0.15) is 0 Å². The summed E-state index contributed by atoms with van der Waals surface area (Å²) in [4.78, 5) is 12.0. The highest BCUT2D eigenvalue weighted by atomic mass is 16.7. The molecule has 2 N–H and O–H groups in total. The molecule has 0 radical (unpaired) electrons. The van der Waals surface area contributed by atoms with E-state index in [1.54, 1.807) is 7.11 Å². The number of hydrogen-bond acceptors (Lipinski definition) is 9. The van der Waals surface area contributed by atoms with Crippen LogP contribution in [0, 0.1) is 17.3 Å². The summed E-state index contributed by atoms with van der Waals surface area (Å²) in [7, 11) is 1.61. The molecule has 4 aliphatic rings. The fourth-order valence-corrected chi connectivity index (χ4v) is 6.98. The summed E-state index contributed by atoms with van der Waals surface area (Å²) in [5.74, 6) is 7.90. The molecular weight excluding hydrogens is 526 g/mol. The van der Waals surface area contributed by atoms with Crippen LogP contribution in [0.25, 0.3) is 11.3 Å². The fraction of sp³-hybridized carbons (Fsp3) is 0.485. The van der Waals surface area contributed by atoms with Gasteiger partial charge in [0, 0.05) is 49.7 Å². The van der Waals surface area contributed by atoms with Crippen LogP contribution in [0.4, 0.5) is 17.2 Å². The monoisotopic (exact) mass is 565 g/mol. The van der Waals surface area contributed by atoms with Gasteiger partial charge >= 0.3 is 0 Å². The van der Waals surface area contributed by atoms with Crippen LogP contribution >= 0.6 is 0 Å². The van der Waals surface area contributed by atoms with E-state index in [4.69, 9.17) is 15.2 Å². The summed E-state index contributed by atoms with van der Waals surface area (Å²) in [5, 5.41) is 8.75. The molecule has 0 amide bonds. The molecule has 2 bridgehead atoms. The second-order valence-electron chi connectivity index (χ2n) is 12.2. The van der Waals surface area contributed by atoms with Crippen molar-refractivity contribution in [1.29, 1.82) is 0 Å². The zero-order valence-corrected chi connectivity index (χ0v) is 24.3. The summed E-state index contributed by atoms with van der Waals surface area (Å²) >= 11 is 0. The number of piperidine rings is 1. The van der Waals surface area contributed by atoms with E-state index < -0.39 is 0 Å². The van der Waals surface area contributed by atoms with Gasteiger partial charge in [0.1, 0.15) is 11.4 Å². The Hall–Kier alpha value is -3.87. The zero-order chi connectivity index (χ0) is 28.5. The third kappa shape index (κ3) is 5.49. The van der Waals surface area contributed by atoms with Crippen molar-refractivity contribution in [2.75, 3.05) is 62.2 Å². The number of likely N-dealkylation sites (tertiary alicyclic amines) is 1. The normalized spacial score (nSPS) is 22.6. The number of aromatic nitrogens is 3. The molecule has 1 spiro atoms. The standard InChI is InChI=1S/C33H39N7O2/c1-41-23-42-31-7-3-2-6-28(31)29-20-30(32(34)37-36-29)39-21-26-8-9-27(22-39)40(26)25-10-15-35-24(19-25)5-4-16-38-17-13-33(11-12-33)14-18-38/h2-3,6-7,10,15,19-20,26-27H,8-9,11-14,16-18,21-23H2,1H3,(H2,34,37). The van der Waals surface area contributed by atoms with E-state index in [0.717, 1.165) is 55.1 Å². The maximum Gasteiger partial charge on any atom is 0.188 e. The number of nitrogen functional groups attached to an aromatic ring is 1. The van der Waals surface area contributed by atoms with E-state index in [9.17, 15) is 0 Å². The second-order valence-corrected chi connectivity index (χ2v) is 12.2. The topological polar surface area (TPSA) is 92.9 Å². The van der Waals surface area contributed by atoms with E-state index in [1.807, 2.05) is 36.5 Å². The molecule has 218 valence electrons. The van der Waals surface area contributed by atoms with Crippen molar-refractivity contribution in [3.63, 3.8) is 0 Å². The lowest BCUT2D eigenvalue weighted by molar-refractivity contribution is 0.0515. The van der Waals surface area contributed by atoms with Crippen LogP contribution in [-0.4, -0.2) is 78.8 Å². The lowest BCUT2D eigenvalue weighted by Crippen LogP contribution is -2.54. The van der Waals surface area contributed by atoms with Gasteiger partial charge in [-0.05, 0) is 93.3 Å². The smallest absolute Gasteiger partial charge is 0.188 e. The van der Waals surface area contributed by atoms with Crippen molar-refractivity contribution in [3.8, 4) is 28.8 Å². The molecule has 2 aromatic heterocycles. The predicted molar refractivity (Wildman–Crippen MR) is 164 cm³/mol.